The Balaban J connectivity index is 1.31. The molecule has 2 heterocycles. The predicted octanol–water partition coefficient (Wildman–Crippen LogP) is 3.18. The molecule has 2 aliphatic rings. The number of nitrogens with one attached hydrogen (secondary N) is 2. The van der Waals surface area contributed by atoms with Crippen LogP contribution in [-0.2, 0) is 14.3 Å². The van der Waals surface area contributed by atoms with Gasteiger partial charge < -0.3 is 24.8 Å². The van der Waals surface area contributed by atoms with E-state index in [4.69, 9.17) is 14.2 Å². The normalized spacial score (nSPS) is 17.6. The first-order chi connectivity index (χ1) is 13.7. The summed E-state index contributed by atoms with van der Waals surface area (Å²) in [4.78, 5) is 24.2. The van der Waals surface area contributed by atoms with Gasteiger partial charge >= 0.3 is 0 Å². The Labute approximate surface area is 162 Å². The van der Waals surface area contributed by atoms with Crippen molar-refractivity contribution < 1.29 is 23.8 Å². The molecule has 2 N–H and O–H groups in total. The minimum absolute atomic E-state index is 0.138. The summed E-state index contributed by atoms with van der Waals surface area (Å²) in [5.74, 6) is 0.978. The molecule has 2 amide bonds. The van der Waals surface area contributed by atoms with Crippen LogP contribution in [0, 0.1) is 0 Å². The van der Waals surface area contributed by atoms with E-state index in [9.17, 15) is 9.59 Å². The summed E-state index contributed by atoms with van der Waals surface area (Å²) in [5, 5.41) is 5.60. The number of anilines is 2. The second-order valence-corrected chi connectivity index (χ2v) is 6.50. The molecule has 2 aliphatic heterocycles. The van der Waals surface area contributed by atoms with E-state index in [2.05, 4.69) is 10.6 Å². The standard InChI is InChI=1S/C21H20N2O5/c24-20(10-4-14-3-9-17-19(12-14)28-13-27-17)22-15-5-7-16(8-6-15)23-21(25)18-2-1-11-26-18/h3-10,12,18H,1-2,11,13H2,(H,22,24)(H,23,25)/b10-4+. The Morgan fingerprint density at radius 3 is 2.46 bits per heavy atom. The van der Waals surface area contributed by atoms with Crippen LogP contribution in [0.25, 0.3) is 6.08 Å². The maximum Gasteiger partial charge on any atom is 0.253 e. The van der Waals surface area contributed by atoms with Crippen LogP contribution >= 0.6 is 0 Å². The van der Waals surface area contributed by atoms with Crippen LogP contribution in [0.4, 0.5) is 11.4 Å². The average molecular weight is 380 g/mol. The molecule has 2 aromatic carbocycles. The maximum absolute atomic E-state index is 12.1. The highest BCUT2D eigenvalue weighted by Gasteiger charge is 2.23. The van der Waals surface area contributed by atoms with Gasteiger partial charge in [-0.3, -0.25) is 9.59 Å². The molecule has 2 aromatic rings. The topological polar surface area (TPSA) is 85.9 Å². The molecular weight excluding hydrogens is 360 g/mol. The van der Waals surface area contributed by atoms with Crippen LogP contribution in [0.3, 0.4) is 0 Å². The van der Waals surface area contributed by atoms with Gasteiger partial charge in [0.15, 0.2) is 11.5 Å². The smallest absolute Gasteiger partial charge is 0.253 e. The number of rotatable bonds is 5. The third kappa shape index (κ3) is 4.32. The van der Waals surface area contributed by atoms with Gasteiger partial charge in [-0.1, -0.05) is 6.07 Å². The van der Waals surface area contributed by atoms with Crippen molar-refractivity contribution in [3.63, 3.8) is 0 Å². The molecule has 0 radical (unpaired) electrons. The highest BCUT2D eigenvalue weighted by Crippen LogP contribution is 2.32. The van der Waals surface area contributed by atoms with E-state index in [1.54, 1.807) is 30.3 Å². The Bertz CT molecular complexity index is 902. The number of hydrogen-bond acceptors (Lipinski definition) is 5. The molecule has 0 aromatic heterocycles. The van der Waals surface area contributed by atoms with Gasteiger partial charge in [0.1, 0.15) is 6.10 Å². The fourth-order valence-electron chi connectivity index (χ4n) is 3.02. The first kappa shape index (κ1) is 18.1. The van der Waals surface area contributed by atoms with Crippen molar-refractivity contribution >= 4 is 29.3 Å². The Kier molecular flexibility index (Phi) is 5.25. The second-order valence-electron chi connectivity index (χ2n) is 6.50. The van der Waals surface area contributed by atoms with Gasteiger partial charge in [0, 0.05) is 24.1 Å². The van der Waals surface area contributed by atoms with Gasteiger partial charge in [-0.2, -0.15) is 0 Å². The summed E-state index contributed by atoms with van der Waals surface area (Å²) in [6, 6.07) is 12.4. The number of amides is 2. The van der Waals surface area contributed by atoms with Gasteiger partial charge in [0.25, 0.3) is 5.91 Å². The van der Waals surface area contributed by atoms with E-state index in [0.717, 1.165) is 18.4 Å². The molecule has 0 saturated carbocycles. The molecule has 0 bridgehead atoms. The van der Waals surface area contributed by atoms with Crippen molar-refractivity contribution in [2.24, 2.45) is 0 Å². The highest BCUT2D eigenvalue weighted by atomic mass is 16.7. The molecular formula is C21H20N2O5. The van der Waals surface area contributed by atoms with E-state index in [1.165, 1.54) is 6.08 Å². The van der Waals surface area contributed by atoms with Gasteiger partial charge in [-0.05, 0) is 60.9 Å². The second kappa shape index (κ2) is 8.14. The van der Waals surface area contributed by atoms with Crippen molar-refractivity contribution in [3.05, 3.63) is 54.1 Å². The summed E-state index contributed by atoms with van der Waals surface area (Å²) < 4.78 is 15.9. The van der Waals surface area contributed by atoms with Gasteiger partial charge in [-0.25, -0.2) is 0 Å². The lowest BCUT2D eigenvalue weighted by Gasteiger charge is -2.11. The quantitative estimate of drug-likeness (QED) is 0.778. The number of carbonyl (C=O) groups is 2. The van der Waals surface area contributed by atoms with Crippen molar-refractivity contribution in [1.29, 1.82) is 0 Å². The van der Waals surface area contributed by atoms with Crippen molar-refractivity contribution in [3.8, 4) is 11.5 Å². The summed E-state index contributed by atoms with van der Waals surface area (Å²) in [6.07, 6.45) is 4.43. The monoisotopic (exact) mass is 380 g/mol. The third-order valence-electron chi connectivity index (χ3n) is 4.47. The Morgan fingerprint density at radius 1 is 0.964 bits per heavy atom. The molecule has 1 saturated heterocycles. The summed E-state index contributed by atoms with van der Waals surface area (Å²) in [6.45, 7) is 0.843. The lowest BCUT2D eigenvalue weighted by molar-refractivity contribution is -0.124. The summed E-state index contributed by atoms with van der Waals surface area (Å²) >= 11 is 0. The van der Waals surface area contributed by atoms with Crippen LogP contribution in [0.2, 0.25) is 0 Å². The van der Waals surface area contributed by atoms with Gasteiger partial charge in [-0.15, -0.1) is 0 Å². The number of fused-ring (bicyclic) bond motifs is 1. The average Bonchev–Trinajstić information content (AvgIpc) is 3.39. The summed E-state index contributed by atoms with van der Waals surface area (Å²) in [7, 11) is 0. The van der Waals surface area contributed by atoms with Crippen LogP contribution in [0.5, 0.6) is 11.5 Å². The van der Waals surface area contributed by atoms with Crippen LogP contribution < -0.4 is 20.1 Å². The SMILES string of the molecule is O=C(/C=C/c1ccc2c(c1)OCO2)Nc1ccc(NC(=O)C2CCCO2)cc1. The van der Waals surface area contributed by atoms with E-state index in [1.807, 2.05) is 18.2 Å². The summed E-state index contributed by atoms with van der Waals surface area (Å²) in [5.41, 5.74) is 2.14. The van der Waals surface area contributed by atoms with E-state index < -0.39 is 0 Å². The third-order valence-corrected chi connectivity index (χ3v) is 4.47. The zero-order valence-corrected chi connectivity index (χ0v) is 15.1. The van der Waals surface area contributed by atoms with E-state index in [0.29, 0.717) is 29.5 Å². The van der Waals surface area contributed by atoms with Crippen LogP contribution in [0.1, 0.15) is 18.4 Å². The van der Waals surface area contributed by atoms with Crippen LogP contribution in [-0.4, -0.2) is 31.3 Å². The number of ether oxygens (including phenoxy) is 3. The molecule has 1 fully saturated rings. The molecule has 1 atom stereocenters. The minimum Gasteiger partial charge on any atom is -0.454 e. The first-order valence-corrected chi connectivity index (χ1v) is 9.09. The van der Waals surface area contributed by atoms with Crippen molar-refractivity contribution in [2.45, 2.75) is 18.9 Å². The molecule has 0 spiro atoms. The van der Waals surface area contributed by atoms with Gasteiger partial charge in [0.2, 0.25) is 12.7 Å². The zero-order valence-electron chi connectivity index (χ0n) is 15.1. The van der Waals surface area contributed by atoms with Gasteiger partial charge in [0.05, 0.1) is 0 Å². The molecule has 7 heteroatoms. The molecule has 28 heavy (non-hydrogen) atoms. The van der Waals surface area contributed by atoms with E-state index >= 15 is 0 Å². The zero-order chi connectivity index (χ0) is 19.3. The van der Waals surface area contributed by atoms with Crippen molar-refractivity contribution in [1.82, 2.24) is 0 Å². The highest BCUT2D eigenvalue weighted by molar-refractivity contribution is 6.02. The number of hydrogen-bond donors (Lipinski definition) is 2. The largest absolute Gasteiger partial charge is 0.454 e. The Morgan fingerprint density at radius 2 is 1.71 bits per heavy atom. The predicted molar refractivity (Wildman–Crippen MR) is 104 cm³/mol. The molecule has 0 aliphatic carbocycles. The first-order valence-electron chi connectivity index (χ1n) is 9.09. The fraction of sp³-hybridized carbons (Fsp3) is 0.238. The minimum atomic E-state index is -0.374. The molecule has 4 rings (SSSR count). The molecule has 144 valence electrons. The van der Waals surface area contributed by atoms with E-state index in [-0.39, 0.29) is 24.7 Å². The number of carbonyl (C=O) groups excluding carboxylic acids is 2. The lowest BCUT2D eigenvalue weighted by atomic mass is 10.2. The van der Waals surface area contributed by atoms with Crippen LogP contribution in [0.15, 0.2) is 48.5 Å². The number of benzene rings is 2. The Hall–Kier alpha value is -3.32. The fourth-order valence-corrected chi connectivity index (χ4v) is 3.02. The molecule has 7 nitrogen and oxygen atoms in total. The molecule has 1 unspecified atom stereocenters. The lowest BCUT2D eigenvalue weighted by Crippen LogP contribution is -2.26. The maximum atomic E-state index is 12.1. The van der Waals surface area contributed by atoms with Crippen molar-refractivity contribution in [2.75, 3.05) is 24.0 Å².